The molecule has 0 spiro atoms. The highest BCUT2D eigenvalue weighted by Crippen LogP contribution is 2.25. The summed E-state index contributed by atoms with van der Waals surface area (Å²) >= 11 is 3.44. The van der Waals surface area contributed by atoms with Gasteiger partial charge in [-0.25, -0.2) is 9.78 Å². The second kappa shape index (κ2) is 5.84. The number of aromatic carboxylic acids is 1. The van der Waals surface area contributed by atoms with Crippen molar-refractivity contribution in [2.45, 2.75) is 13.3 Å². The number of carboxylic acid groups (broad SMARTS) is 1. The van der Waals surface area contributed by atoms with Gasteiger partial charge in [-0.3, -0.25) is 0 Å². The Morgan fingerprint density at radius 1 is 1.37 bits per heavy atom. The van der Waals surface area contributed by atoms with Gasteiger partial charge in [0.2, 0.25) is 0 Å². The van der Waals surface area contributed by atoms with Crippen molar-refractivity contribution in [3.8, 4) is 0 Å². The van der Waals surface area contributed by atoms with Crippen LogP contribution >= 0.6 is 15.9 Å². The smallest absolute Gasteiger partial charge is 0.354 e. The second-order valence-corrected chi connectivity index (χ2v) is 4.93. The molecule has 2 N–H and O–H groups in total. The molecule has 5 heteroatoms. The van der Waals surface area contributed by atoms with Gasteiger partial charge in [0.15, 0.2) is 0 Å². The van der Waals surface area contributed by atoms with Crippen molar-refractivity contribution in [1.82, 2.24) is 4.98 Å². The summed E-state index contributed by atoms with van der Waals surface area (Å²) < 4.78 is 1.02. The number of carbonyl (C=O) groups is 1. The predicted octanol–water partition coefficient (Wildman–Crippen LogP) is 3.85. The zero-order valence-corrected chi connectivity index (χ0v) is 11.9. The Kier molecular flexibility index (Phi) is 4.16. The van der Waals surface area contributed by atoms with Crippen molar-refractivity contribution < 1.29 is 9.90 Å². The summed E-state index contributed by atoms with van der Waals surface area (Å²) in [6, 6.07) is 9.21. The number of carboxylic acids is 1. The molecule has 1 aromatic carbocycles. The molecule has 1 aromatic heterocycles. The number of nitrogens with one attached hydrogen (secondary N) is 1. The van der Waals surface area contributed by atoms with Crippen LogP contribution in [0.1, 0.15) is 23.0 Å². The second-order valence-electron chi connectivity index (χ2n) is 4.01. The number of aryl methyl sites for hydroxylation is 1. The predicted molar refractivity (Wildman–Crippen MR) is 78.0 cm³/mol. The molecule has 0 aliphatic rings. The molecule has 0 saturated heterocycles. The average Bonchev–Trinajstić information content (AvgIpc) is 2.41. The van der Waals surface area contributed by atoms with Crippen molar-refractivity contribution in [2.75, 3.05) is 5.32 Å². The Labute approximate surface area is 119 Å². The fourth-order valence-electron chi connectivity index (χ4n) is 1.76. The van der Waals surface area contributed by atoms with E-state index in [1.165, 1.54) is 12.3 Å². The molecular formula is C14H13BrN2O2. The molecular weight excluding hydrogens is 308 g/mol. The minimum Gasteiger partial charge on any atom is -0.477 e. The van der Waals surface area contributed by atoms with Crippen molar-refractivity contribution in [2.24, 2.45) is 0 Å². The van der Waals surface area contributed by atoms with Gasteiger partial charge in [0, 0.05) is 22.0 Å². The van der Waals surface area contributed by atoms with Crippen LogP contribution in [0.15, 0.2) is 41.0 Å². The lowest BCUT2D eigenvalue weighted by Crippen LogP contribution is -2.02. The van der Waals surface area contributed by atoms with Crippen LogP contribution in [0.5, 0.6) is 0 Å². The van der Waals surface area contributed by atoms with Gasteiger partial charge in [-0.05, 0) is 42.3 Å². The minimum atomic E-state index is -1.03. The van der Waals surface area contributed by atoms with Crippen LogP contribution in [0.4, 0.5) is 11.4 Å². The molecule has 98 valence electrons. The van der Waals surface area contributed by atoms with E-state index in [0.29, 0.717) is 5.69 Å². The summed E-state index contributed by atoms with van der Waals surface area (Å²) in [5, 5.41) is 12.1. The lowest BCUT2D eigenvalue weighted by atomic mass is 10.1. The molecule has 0 unspecified atom stereocenters. The maximum atomic E-state index is 10.9. The lowest BCUT2D eigenvalue weighted by Gasteiger charge is -2.11. The van der Waals surface area contributed by atoms with Crippen LogP contribution in [0.2, 0.25) is 0 Å². The van der Waals surface area contributed by atoms with Gasteiger partial charge in [0.25, 0.3) is 0 Å². The molecule has 19 heavy (non-hydrogen) atoms. The van der Waals surface area contributed by atoms with Gasteiger partial charge < -0.3 is 10.4 Å². The molecule has 0 amide bonds. The van der Waals surface area contributed by atoms with Crippen molar-refractivity contribution >= 4 is 33.3 Å². The van der Waals surface area contributed by atoms with Gasteiger partial charge in [-0.15, -0.1) is 0 Å². The van der Waals surface area contributed by atoms with Gasteiger partial charge in [-0.1, -0.05) is 22.9 Å². The molecule has 0 fully saturated rings. The number of halogens is 1. The minimum absolute atomic E-state index is 0.0279. The number of hydrogen-bond acceptors (Lipinski definition) is 3. The number of aromatic nitrogens is 1. The van der Waals surface area contributed by atoms with Gasteiger partial charge in [0.1, 0.15) is 5.69 Å². The summed E-state index contributed by atoms with van der Waals surface area (Å²) in [6.45, 7) is 2.07. The van der Waals surface area contributed by atoms with Gasteiger partial charge in [-0.2, -0.15) is 0 Å². The van der Waals surface area contributed by atoms with E-state index >= 15 is 0 Å². The summed E-state index contributed by atoms with van der Waals surface area (Å²) in [7, 11) is 0. The average molecular weight is 321 g/mol. The highest BCUT2D eigenvalue weighted by molar-refractivity contribution is 9.10. The molecule has 0 atom stereocenters. The summed E-state index contributed by atoms with van der Waals surface area (Å²) in [6.07, 6.45) is 2.37. The Balaban J connectivity index is 2.30. The van der Waals surface area contributed by atoms with Crippen molar-refractivity contribution in [3.05, 3.63) is 52.3 Å². The Hall–Kier alpha value is -1.88. The standard InChI is InChI=1S/C14H13BrN2O2/c1-2-9-7-10(15)3-4-12(9)17-11-5-6-16-13(8-11)14(18)19/h3-8H,2H2,1H3,(H,16,17)(H,18,19). The van der Waals surface area contributed by atoms with E-state index in [9.17, 15) is 4.79 Å². The molecule has 0 aliphatic heterocycles. The summed E-state index contributed by atoms with van der Waals surface area (Å²) in [4.78, 5) is 14.7. The maximum absolute atomic E-state index is 10.9. The third kappa shape index (κ3) is 3.32. The Morgan fingerprint density at radius 3 is 2.84 bits per heavy atom. The topological polar surface area (TPSA) is 62.2 Å². The first kappa shape index (κ1) is 13.5. The van der Waals surface area contributed by atoms with E-state index in [-0.39, 0.29) is 5.69 Å². The highest BCUT2D eigenvalue weighted by Gasteiger charge is 2.06. The Morgan fingerprint density at radius 2 is 2.16 bits per heavy atom. The van der Waals surface area contributed by atoms with E-state index < -0.39 is 5.97 Å². The normalized spacial score (nSPS) is 10.2. The first-order valence-corrected chi connectivity index (χ1v) is 6.64. The lowest BCUT2D eigenvalue weighted by molar-refractivity contribution is 0.0690. The molecule has 0 aliphatic carbocycles. The number of hydrogen-bond donors (Lipinski definition) is 2. The zero-order valence-electron chi connectivity index (χ0n) is 10.4. The van der Waals surface area contributed by atoms with E-state index in [2.05, 4.69) is 33.2 Å². The van der Waals surface area contributed by atoms with Gasteiger partial charge >= 0.3 is 5.97 Å². The zero-order chi connectivity index (χ0) is 13.8. The van der Waals surface area contributed by atoms with E-state index in [4.69, 9.17) is 5.11 Å². The number of benzene rings is 1. The van der Waals surface area contributed by atoms with Crippen LogP contribution in [-0.2, 0) is 6.42 Å². The molecule has 4 nitrogen and oxygen atoms in total. The Bertz CT molecular complexity index is 614. The monoisotopic (exact) mass is 320 g/mol. The molecule has 0 radical (unpaired) electrons. The van der Waals surface area contributed by atoms with E-state index in [1.54, 1.807) is 6.07 Å². The number of anilines is 2. The molecule has 0 saturated carbocycles. The van der Waals surface area contributed by atoms with Crippen molar-refractivity contribution in [3.63, 3.8) is 0 Å². The van der Waals surface area contributed by atoms with Crippen LogP contribution < -0.4 is 5.32 Å². The first-order chi connectivity index (χ1) is 9.10. The fourth-order valence-corrected chi connectivity index (χ4v) is 2.17. The quantitative estimate of drug-likeness (QED) is 0.898. The van der Waals surface area contributed by atoms with Crippen LogP contribution in [0.3, 0.4) is 0 Å². The largest absolute Gasteiger partial charge is 0.477 e. The third-order valence-corrected chi connectivity index (χ3v) is 3.20. The molecule has 2 rings (SSSR count). The van der Waals surface area contributed by atoms with Crippen LogP contribution in [-0.4, -0.2) is 16.1 Å². The number of nitrogens with zero attached hydrogens (tertiary/aromatic N) is 1. The highest BCUT2D eigenvalue weighted by atomic mass is 79.9. The third-order valence-electron chi connectivity index (χ3n) is 2.71. The molecule has 2 aromatic rings. The fraction of sp³-hybridized carbons (Fsp3) is 0.143. The summed E-state index contributed by atoms with van der Waals surface area (Å²) in [5.41, 5.74) is 2.86. The van der Waals surface area contributed by atoms with Gasteiger partial charge in [0.05, 0.1) is 0 Å². The summed E-state index contributed by atoms with van der Waals surface area (Å²) in [5.74, 6) is -1.03. The SMILES string of the molecule is CCc1cc(Br)ccc1Nc1ccnc(C(=O)O)c1. The first-order valence-electron chi connectivity index (χ1n) is 5.85. The molecule has 0 bridgehead atoms. The molecule has 1 heterocycles. The van der Waals surface area contributed by atoms with Crippen LogP contribution in [0.25, 0.3) is 0 Å². The van der Waals surface area contributed by atoms with Crippen molar-refractivity contribution in [1.29, 1.82) is 0 Å². The van der Waals surface area contributed by atoms with Crippen LogP contribution in [0, 0.1) is 0 Å². The van der Waals surface area contributed by atoms with E-state index in [0.717, 1.165) is 22.1 Å². The number of pyridine rings is 1. The van der Waals surface area contributed by atoms with E-state index in [1.807, 2.05) is 18.2 Å². The number of rotatable bonds is 4. The maximum Gasteiger partial charge on any atom is 0.354 e.